The zero-order chi connectivity index (χ0) is 22.4. The monoisotopic (exact) mass is 413 g/mol. The third kappa shape index (κ3) is 7.46. The van der Waals surface area contributed by atoms with Gasteiger partial charge in [0.2, 0.25) is 0 Å². The Balaban J connectivity index is 5.73. The van der Waals surface area contributed by atoms with E-state index in [2.05, 4.69) is 6.58 Å². The van der Waals surface area contributed by atoms with E-state index >= 15 is 0 Å². The summed E-state index contributed by atoms with van der Waals surface area (Å²) in [5.41, 5.74) is 0. The molecule has 0 rings (SSSR count). The molecule has 2 N–H and O–H groups in total. The summed E-state index contributed by atoms with van der Waals surface area (Å²) in [7, 11) is 0. The van der Waals surface area contributed by atoms with Crippen LogP contribution in [0.4, 0.5) is 0 Å². The second-order valence-electron chi connectivity index (χ2n) is 7.68. The van der Waals surface area contributed by atoms with Gasteiger partial charge in [0, 0.05) is 19.3 Å². The SMILES string of the molecule is C=CCCCCCCCC[N+](C(CC)C(=O)[O-])(C(CC)C(=O)O)C(CC)C(=O)O. The fraction of sp³-hybridized carbons (Fsp3) is 0.773. The Morgan fingerprint density at radius 1 is 0.828 bits per heavy atom. The first-order valence-electron chi connectivity index (χ1n) is 10.9. The van der Waals surface area contributed by atoms with Crippen LogP contribution in [0.5, 0.6) is 0 Å². The number of hydrogen-bond acceptors (Lipinski definition) is 4. The number of hydrogen-bond donors (Lipinski definition) is 2. The van der Waals surface area contributed by atoms with Gasteiger partial charge in [0.05, 0.1) is 12.5 Å². The summed E-state index contributed by atoms with van der Waals surface area (Å²) >= 11 is 0. The van der Waals surface area contributed by atoms with Crippen LogP contribution in [0.15, 0.2) is 12.7 Å². The van der Waals surface area contributed by atoms with E-state index in [0.717, 1.165) is 38.5 Å². The van der Waals surface area contributed by atoms with Crippen LogP contribution >= 0.6 is 0 Å². The van der Waals surface area contributed by atoms with E-state index in [1.165, 1.54) is 0 Å². The Kier molecular flexibility index (Phi) is 13.2. The van der Waals surface area contributed by atoms with Crippen molar-refractivity contribution in [1.82, 2.24) is 0 Å². The van der Waals surface area contributed by atoms with Crippen molar-refractivity contribution < 1.29 is 34.2 Å². The molecule has 0 saturated heterocycles. The van der Waals surface area contributed by atoms with Crippen molar-refractivity contribution in [3.05, 3.63) is 12.7 Å². The Morgan fingerprint density at radius 2 is 1.24 bits per heavy atom. The van der Waals surface area contributed by atoms with Gasteiger partial charge in [-0.2, -0.15) is 0 Å². The predicted molar refractivity (Wildman–Crippen MR) is 110 cm³/mol. The van der Waals surface area contributed by atoms with Gasteiger partial charge in [-0.15, -0.1) is 6.58 Å². The summed E-state index contributed by atoms with van der Waals surface area (Å²) in [6.07, 6.45) is 8.86. The molecule has 0 aromatic heterocycles. The standard InChI is InChI=1S/C22H39NO6/c1-5-9-10-11-12-13-14-15-16-23(17(6-2)20(24)25,18(7-3)21(26)27)19(8-4)22(28)29/h5,17-19H,1,6-16H2,2-4H3,(H2-,24,25,26,27,28,29). The number of carbonyl (C=O) groups excluding carboxylic acids is 1. The molecule has 168 valence electrons. The lowest BCUT2D eigenvalue weighted by Gasteiger charge is -2.51. The first kappa shape index (κ1) is 27.1. The topological polar surface area (TPSA) is 115 Å². The van der Waals surface area contributed by atoms with E-state index in [4.69, 9.17) is 0 Å². The number of allylic oxidation sites excluding steroid dienone is 1. The Labute approximate surface area is 175 Å². The molecule has 29 heavy (non-hydrogen) atoms. The van der Waals surface area contributed by atoms with E-state index in [-0.39, 0.29) is 25.8 Å². The minimum absolute atomic E-state index is 0.122. The zero-order valence-corrected chi connectivity index (χ0v) is 18.3. The van der Waals surface area contributed by atoms with Crippen LogP contribution in [0, 0.1) is 0 Å². The van der Waals surface area contributed by atoms with Gasteiger partial charge in [0.15, 0.2) is 12.1 Å². The highest BCUT2D eigenvalue weighted by molar-refractivity contribution is 5.77. The normalized spacial score (nSPS) is 16.4. The Morgan fingerprint density at radius 3 is 1.59 bits per heavy atom. The van der Waals surface area contributed by atoms with Crippen LogP contribution in [0.25, 0.3) is 0 Å². The maximum atomic E-state index is 12.1. The lowest BCUT2D eigenvalue weighted by atomic mass is 9.93. The first-order chi connectivity index (χ1) is 13.7. The largest absolute Gasteiger partial charge is 0.544 e. The van der Waals surface area contributed by atoms with Crippen molar-refractivity contribution in [3.8, 4) is 0 Å². The van der Waals surface area contributed by atoms with Gasteiger partial charge >= 0.3 is 11.9 Å². The van der Waals surface area contributed by atoms with Gasteiger partial charge in [-0.25, -0.2) is 9.59 Å². The molecule has 0 saturated carbocycles. The van der Waals surface area contributed by atoms with Crippen molar-refractivity contribution in [1.29, 1.82) is 0 Å². The van der Waals surface area contributed by atoms with Crippen molar-refractivity contribution in [3.63, 3.8) is 0 Å². The van der Waals surface area contributed by atoms with Gasteiger partial charge in [-0.05, 0) is 25.7 Å². The molecule has 0 radical (unpaired) electrons. The molecule has 3 unspecified atom stereocenters. The average Bonchev–Trinajstić information content (AvgIpc) is 2.64. The molecule has 0 bridgehead atoms. The molecule has 7 heteroatoms. The summed E-state index contributed by atoms with van der Waals surface area (Å²) < 4.78 is -0.479. The quantitative estimate of drug-likeness (QED) is 0.203. The first-order valence-corrected chi connectivity index (χ1v) is 10.9. The number of quaternary nitrogens is 1. The van der Waals surface area contributed by atoms with Gasteiger partial charge < -0.3 is 20.1 Å². The van der Waals surface area contributed by atoms with E-state index in [0.29, 0.717) is 6.42 Å². The van der Waals surface area contributed by atoms with E-state index in [1.54, 1.807) is 20.8 Å². The molecule has 3 atom stereocenters. The van der Waals surface area contributed by atoms with Crippen LogP contribution in [0.2, 0.25) is 0 Å². The average molecular weight is 414 g/mol. The van der Waals surface area contributed by atoms with E-state index in [1.807, 2.05) is 6.08 Å². The van der Waals surface area contributed by atoms with Crippen molar-refractivity contribution in [2.45, 2.75) is 103 Å². The number of carboxylic acid groups (broad SMARTS) is 3. The van der Waals surface area contributed by atoms with Gasteiger partial charge in [-0.3, -0.25) is 4.48 Å². The number of rotatable bonds is 18. The highest BCUT2D eigenvalue weighted by Gasteiger charge is 2.53. The summed E-state index contributed by atoms with van der Waals surface area (Å²) in [5, 5.41) is 31.7. The van der Waals surface area contributed by atoms with Gasteiger partial charge in [0.25, 0.3) is 0 Å². The molecule has 0 aliphatic heterocycles. The third-order valence-corrected chi connectivity index (χ3v) is 5.95. The fourth-order valence-corrected chi connectivity index (χ4v) is 4.64. The number of nitrogens with zero attached hydrogens (tertiary/aromatic N) is 1. The maximum Gasteiger partial charge on any atom is 0.362 e. The zero-order valence-electron chi connectivity index (χ0n) is 18.3. The number of aliphatic carboxylic acids is 3. The number of unbranched alkanes of at least 4 members (excludes halogenated alkanes) is 6. The summed E-state index contributed by atoms with van der Waals surface area (Å²) in [5.74, 6) is -3.69. The molecule has 7 nitrogen and oxygen atoms in total. The molecule has 0 spiro atoms. The van der Waals surface area contributed by atoms with Crippen LogP contribution in [-0.4, -0.2) is 57.3 Å². The highest BCUT2D eigenvalue weighted by Crippen LogP contribution is 2.32. The van der Waals surface area contributed by atoms with Crippen LogP contribution < -0.4 is 5.11 Å². The smallest absolute Gasteiger partial charge is 0.362 e. The Bertz CT molecular complexity index is 478. The highest BCUT2D eigenvalue weighted by atomic mass is 16.4. The molecule has 0 aromatic carbocycles. The van der Waals surface area contributed by atoms with Crippen LogP contribution in [0.3, 0.4) is 0 Å². The van der Waals surface area contributed by atoms with Crippen molar-refractivity contribution in [2.24, 2.45) is 0 Å². The maximum absolute atomic E-state index is 12.1. The molecular formula is C22H39NO6. The molecule has 0 aliphatic carbocycles. The molecular weight excluding hydrogens is 374 g/mol. The summed E-state index contributed by atoms with van der Waals surface area (Å²) in [4.78, 5) is 36.1. The van der Waals surface area contributed by atoms with E-state index in [9.17, 15) is 29.7 Å². The second-order valence-corrected chi connectivity index (χ2v) is 7.68. The number of carbonyl (C=O) groups is 3. The molecule has 0 heterocycles. The van der Waals surface area contributed by atoms with Crippen LogP contribution in [-0.2, 0) is 14.4 Å². The Hall–Kier alpha value is -1.89. The minimum atomic E-state index is -1.38. The molecule has 0 aromatic rings. The molecule has 0 fully saturated rings. The predicted octanol–water partition coefficient (Wildman–Crippen LogP) is 2.97. The molecule has 0 amide bonds. The van der Waals surface area contributed by atoms with Gasteiger partial charge in [-0.1, -0.05) is 46.1 Å². The van der Waals surface area contributed by atoms with Crippen LogP contribution in [0.1, 0.15) is 85.0 Å². The van der Waals surface area contributed by atoms with Gasteiger partial charge in [0.1, 0.15) is 6.04 Å². The molecule has 0 aliphatic rings. The summed E-state index contributed by atoms with van der Waals surface area (Å²) in [6, 6.07) is -3.39. The van der Waals surface area contributed by atoms with Crippen molar-refractivity contribution >= 4 is 17.9 Å². The minimum Gasteiger partial charge on any atom is -0.544 e. The lowest BCUT2D eigenvalue weighted by Crippen LogP contribution is -2.73. The van der Waals surface area contributed by atoms with E-state index < -0.39 is 40.5 Å². The second kappa shape index (κ2) is 14.1. The van der Waals surface area contributed by atoms with Crippen molar-refractivity contribution in [2.75, 3.05) is 6.54 Å². The number of carboxylic acids is 3. The lowest BCUT2D eigenvalue weighted by molar-refractivity contribution is -0.974. The summed E-state index contributed by atoms with van der Waals surface area (Å²) in [6.45, 7) is 8.89. The third-order valence-electron chi connectivity index (χ3n) is 5.95. The fourth-order valence-electron chi connectivity index (χ4n) is 4.64.